The summed E-state index contributed by atoms with van der Waals surface area (Å²) in [6.45, 7) is 0.556. The molecule has 2 aliphatic carbocycles. The fourth-order valence-corrected chi connectivity index (χ4v) is 3.30. The number of alkyl halides is 1. The van der Waals surface area contributed by atoms with Crippen molar-refractivity contribution in [1.29, 1.82) is 0 Å². The molecule has 4 heteroatoms. The molecule has 0 aromatic carbocycles. The second kappa shape index (κ2) is 5.37. The Labute approximate surface area is 102 Å². The van der Waals surface area contributed by atoms with E-state index in [1.807, 2.05) is 0 Å². The first-order valence-electron chi connectivity index (χ1n) is 6.13. The van der Waals surface area contributed by atoms with Gasteiger partial charge in [-0.25, -0.2) is 0 Å². The third kappa shape index (κ3) is 2.51. The maximum absolute atomic E-state index is 12.0. The summed E-state index contributed by atoms with van der Waals surface area (Å²) >= 11 is 5.70. The predicted molar refractivity (Wildman–Crippen MR) is 63.5 cm³/mol. The Kier molecular flexibility index (Phi) is 4.09. The Bertz CT molecular complexity index is 243. The summed E-state index contributed by atoms with van der Waals surface area (Å²) in [6, 6.07) is 0.0799. The molecule has 2 saturated carbocycles. The van der Waals surface area contributed by atoms with Crippen LogP contribution in [-0.4, -0.2) is 31.5 Å². The number of carbonyl (C=O) groups excluding carboxylic acids is 1. The number of hydrogen-bond acceptors (Lipinski definition) is 2. The van der Waals surface area contributed by atoms with E-state index in [9.17, 15) is 4.79 Å². The molecule has 2 aliphatic rings. The van der Waals surface area contributed by atoms with Crippen molar-refractivity contribution in [2.24, 2.45) is 17.8 Å². The lowest BCUT2D eigenvalue weighted by Gasteiger charge is -2.17. The summed E-state index contributed by atoms with van der Waals surface area (Å²) in [5.74, 6) is 2.44. The molecule has 1 N–H and O–H groups in total. The molecule has 3 atom stereocenters. The largest absolute Gasteiger partial charge is 0.383 e. The smallest absolute Gasteiger partial charge is 0.223 e. The normalized spacial score (nSPS) is 33.2. The highest BCUT2D eigenvalue weighted by molar-refractivity contribution is 6.17. The lowest BCUT2D eigenvalue weighted by molar-refractivity contribution is -0.124. The molecule has 3 nitrogen and oxygen atoms in total. The van der Waals surface area contributed by atoms with E-state index in [1.165, 1.54) is 19.3 Å². The van der Waals surface area contributed by atoms with Crippen LogP contribution >= 0.6 is 11.6 Å². The van der Waals surface area contributed by atoms with Crippen LogP contribution in [0.5, 0.6) is 0 Å². The van der Waals surface area contributed by atoms with Crippen molar-refractivity contribution in [2.45, 2.75) is 31.7 Å². The van der Waals surface area contributed by atoms with E-state index in [4.69, 9.17) is 16.3 Å². The zero-order valence-electron chi connectivity index (χ0n) is 9.75. The number of methoxy groups -OCH3 is 1. The Morgan fingerprint density at radius 3 is 2.75 bits per heavy atom. The van der Waals surface area contributed by atoms with E-state index in [-0.39, 0.29) is 11.9 Å². The van der Waals surface area contributed by atoms with Crippen molar-refractivity contribution < 1.29 is 9.53 Å². The maximum atomic E-state index is 12.0. The van der Waals surface area contributed by atoms with Crippen LogP contribution in [0.4, 0.5) is 0 Å². The van der Waals surface area contributed by atoms with E-state index in [0.717, 1.165) is 6.42 Å². The fraction of sp³-hybridized carbons (Fsp3) is 0.917. The van der Waals surface area contributed by atoms with Gasteiger partial charge in [0.15, 0.2) is 0 Å². The van der Waals surface area contributed by atoms with Crippen molar-refractivity contribution >= 4 is 17.5 Å². The summed E-state index contributed by atoms with van der Waals surface area (Å²) in [5.41, 5.74) is 0. The average molecular weight is 246 g/mol. The average Bonchev–Trinajstić information content (AvgIpc) is 2.74. The van der Waals surface area contributed by atoms with Gasteiger partial charge in [-0.1, -0.05) is 6.42 Å². The SMILES string of the molecule is COCC(CCCl)NC(=O)C1C2CCCC21. The molecule has 0 aromatic rings. The minimum absolute atomic E-state index is 0.0799. The Balaban J connectivity index is 1.77. The molecular weight excluding hydrogens is 226 g/mol. The lowest BCUT2D eigenvalue weighted by Crippen LogP contribution is -2.39. The van der Waals surface area contributed by atoms with Crippen LogP contribution in [0.2, 0.25) is 0 Å². The predicted octanol–water partition coefficient (Wildman–Crippen LogP) is 1.79. The van der Waals surface area contributed by atoms with Gasteiger partial charge in [0.1, 0.15) is 0 Å². The van der Waals surface area contributed by atoms with Crippen LogP contribution in [0.15, 0.2) is 0 Å². The number of carbonyl (C=O) groups is 1. The summed E-state index contributed by atoms with van der Waals surface area (Å²) in [6.07, 6.45) is 4.58. The third-order valence-electron chi connectivity index (χ3n) is 3.88. The van der Waals surface area contributed by atoms with Gasteiger partial charge >= 0.3 is 0 Å². The van der Waals surface area contributed by atoms with Gasteiger partial charge in [-0.2, -0.15) is 0 Å². The molecule has 0 aromatic heterocycles. The van der Waals surface area contributed by atoms with E-state index < -0.39 is 0 Å². The molecule has 1 amide bonds. The van der Waals surface area contributed by atoms with Crippen LogP contribution in [0.3, 0.4) is 0 Å². The summed E-state index contributed by atoms with van der Waals surface area (Å²) < 4.78 is 5.08. The van der Waals surface area contributed by atoms with Crippen LogP contribution in [0.25, 0.3) is 0 Å². The second-order valence-corrected chi connectivity index (χ2v) is 5.30. The topological polar surface area (TPSA) is 38.3 Å². The molecule has 2 fully saturated rings. The standard InChI is InChI=1S/C12H20ClNO2/c1-16-7-8(5-6-13)14-12(15)11-9-3-2-4-10(9)11/h8-11H,2-7H2,1H3,(H,14,15). The summed E-state index contributed by atoms with van der Waals surface area (Å²) in [4.78, 5) is 12.0. The molecule has 0 saturated heterocycles. The highest BCUT2D eigenvalue weighted by Gasteiger charge is 2.56. The number of nitrogens with one attached hydrogen (secondary N) is 1. The Morgan fingerprint density at radius 1 is 1.50 bits per heavy atom. The van der Waals surface area contributed by atoms with E-state index in [1.54, 1.807) is 7.11 Å². The van der Waals surface area contributed by atoms with Gasteiger partial charge in [0, 0.05) is 18.9 Å². The number of hydrogen-bond donors (Lipinski definition) is 1. The van der Waals surface area contributed by atoms with Crippen LogP contribution in [0.1, 0.15) is 25.7 Å². The van der Waals surface area contributed by atoms with Crippen molar-refractivity contribution in [3.63, 3.8) is 0 Å². The Morgan fingerprint density at radius 2 is 2.19 bits per heavy atom. The van der Waals surface area contributed by atoms with Crippen molar-refractivity contribution in [1.82, 2.24) is 5.32 Å². The fourth-order valence-electron chi connectivity index (χ4n) is 3.04. The van der Waals surface area contributed by atoms with Crippen molar-refractivity contribution in [2.75, 3.05) is 19.6 Å². The van der Waals surface area contributed by atoms with Gasteiger partial charge in [0.25, 0.3) is 0 Å². The zero-order chi connectivity index (χ0) is 11.5. The van der Waals surface area contributed by atoms with E-state index >= 15 is 0 Å². The van der Waals surface area contributed by atoms with Gasteiger partial charge in [-0.05, 0) is 31.1 Å². The second-order valence-electron chi connectivity index (χ2n) is 4.92. The van der Waals surface area contributed by atoms with E-state index in [2.05, 4.69) is 5.32 Å². The van der Waals surface area contributed by atoms with Crippen molar-refractivity contribution in [3.05, 3.63) is 0 Å². The maximum Gasteiger partial charge on any atom is 0.223 e. The molecule has 3 unspecified atom stereocenters. The number of halogens is 1. The van der Waals surface area contributed by atoms with Crippen LogP contribution < -0.4 is 5.32 Å². The number of amides is 1. The third-order valence-corrected chi connectivity index (χ3v) is 4.10. The van der Waals surface area contributed by atoms with Crippen LogP contribution in [0, 0.1) is 17.8 Å². The molecule has 16 heavy (non-hydrogen) atoms. The highest BCUT2D eigenvalue weighted by atomic mass is 35.5. The summed E-state index contributed by atoms with van der Waals surface area (Å²) in [7, 11) is 1.65. The zero-order valence-corrected chi connectivity index (χ0v) is 10.5. The molecule has 0 heterocycles. The molecule has 0 spiro atoms. The monoisotopic (exact) mass is 245 g/mol. The number of rotatable bonds is 6. The first-order valence-corrected chi connectivity index (χ1v) is 6.66. The van der Waals surface area contributed by atoms with Crippen LogP contribution in [-0.2, 0) is 9.53 Å². The number of ether oxygens (including phenoxy) is 1. The minimum atomic E-state index is 0.0799. The molecule has 92 valence electrons. The highest BCUT2D eigenvalue weighted by Crippen LogP contribution is 2.57. The molecular formula is C12H20ClNO2. The van der Waals surface area contributed by atoms with Gasteiger partial charge in [0.05, 0.1) is 12.6 Å². The van der Waals surface area contributed by atoms with Gasteiger partial charge in [-0.15, -0.1) is 11.6 Å². The molecule has 0 radical (unpaired) electrons. The summed E-state index contributed by atoms with van der Waals surface area (Å²) in [5, 5.41) is 3.06. The van der Waals surface area contributed by atoms with Crippen molar-refractivity contribution in [3.8, 4) is 0 Å². The van der Waals surface area contributed by atoms with Gasteiger partial charge in [0.2, 0.25) is 5.91 Å². The van der Waals surface area contributed by atoms with E-state index in [0.29, 0.717) is 30.2 Å². The number of fused-ring (bicyclic) bond motifs is 1. The first kappa shape index (κ1) is 12.2. The van der Waals surface area contributed by atoms with Gasteiger partial charge < -0.3 is 10.1 Å². The van der Waals surface area contributed by atoms with Gasteiger partial charge in [-0.3, -0.25) is 4.79 Å². The minimum Gasteiger partial charge on any atom is -0.383 e. The molecule has 0 aliphatic heterocycles. The lowest BCUT2D eigenvalue weighted by atomic mass is 10.1. The Hall–Kier alpha value is -0.280. The molecule has 0 bridgehead atoms. The first-order chi connectivity index (χ1) is 7.77. The molecule has 2 rings (SSSR count). The quantitative estimate of drug-likeness (QED) is 0.725.